The van der Waals surface area contributed by atoms with Gasteiger partial charge in [0.25, 0.3) is 5.91 Å². The normalized spacial score (nSPS) is 16.9. The summed E-state index contributed by atoms with van der Waals surface area (Å²) >= 11 is 0. The number of urea groups is 1. The molecule has 1 aliphatic carbocycles. The van der Waals surface area contributed by atoms with Crippen molar-refractivity contribution in [2.24, 2.45) is 0 Å². The zero-order chi connectivity index (χ0) is 22.7. The van der Waals surface area contributed by atoms with Crippen LogP contribution in [0.15, 0.2) is 36.4 Å². The molecule has 8 heteroatoms. The molecule has 1 heterocycles. The number of carbonyl (C=O) groups excluding carboxylic acids is 2. The standard InChI is InChI=1S/C24H29FN4O3/c1-15(16-8-11-22-20(12-16)28-23(30)14-32-22)26-24(31)27-17-9-10-21(19(25)13-17)29(2)18-6-4-3-5-7-18/h8-13,15,18H,3-7,14H2,1-2H3,(H,28,30)(H2,26,27,31). The number of nitrogens with zero attached hydrogens (tertiary/aromatic N) is 1. The van der Waals surface area contributed by atoms with Gasteiger partial charge in [-0.3, -0.25) is 4.79 Å². The van der Waals surface area contributed by atoms with Crippen LogP contribution in [0.4, 0.5) is 26.2 Å². The Kier molecular flexibility index (Phi) is 6.48. The molecule has 0 bridgehead atoms. The van der Waals surface area contributed by atoms with E-state index in [1.54, 1.807) is 24.3 Å². The number of carbonyl (C=O) groups is 2. The average molecular weight is 441 g/mol. The topological polar surface area (TPSA) is 82.7 Å². The van der Waals surface area contributed by atoms with E-state index in [9.17, 15) is 14.0 Å². The summed E-state index contributed by atoms with van der Waals surface area (Å²) in [6.45, 7) is 1.82. The van der Waals surface area contributed by atoms with E-state index in [0.717, 1.165) is 18.4 Å². The monoisotopic (exact) mass is 440 g/mol. The number of benzene rings is 2. The second-order valence-electron chi connectivity index (χ2n) is 8.48. The minimum atomic E-state index is -0.441. The average Bonchev–Trinajstić information content (AvgIpc) is 2.78. The molecule has 170 valence electrons. The van der Waals surface area contributed by atoms with E-state index in [-0.39, 0.29) is 24.4 Å². The first kappa shape index (κ1) is 21.9. The number of nitrogens with one attached hydrogen (secondary N) is 3. The summed E-state index contributed by atoms with van der Waals surface area (Å²) in [6, 6.07) is 9.73. The second-order valence-corrected chi connectivity index (χ2v) is 8.48. The highest BCUT2D eigenvalue weighted by Crippen LogP contribution is 2.31. The maximum Gasteiger partial charge on any atom is 0.319 e. The highest BCUT2D eigenvalue weighted by atomic mass is 19.1. The summed E-state index contributed by atoms with van der Waals surface area (Å²) in [5.74, 6) is 0.0284. The predicted octanol–water partition coefficient (Wildman–Crippen LogP) is 4.81. The van der Waals surface area contributed by atoms with Crippen molar-refractivity contribution in [1.29, 1.82) is 0 Å². The molecule has 2 aromatic rings. The van der Waals surface area contributed by atoms with Crippen molar-refractivity contribution in [3.63, 3.8) is 0 Å². The van der Waals surface area contributed by atoms with Gasteiger partial charge in [-0.2, -0.15) is 0 Å². The van der Waals surface area contributed by atoms with Crippen LogP contribution in [0.1, 0.15) is 50.6 Å². The minimum absolute atomic E-state index is 0.00560. The molecule has 7 nitrogen and oxygen atoms in total. The van der Waals surface area contributed by atoms with Gasteiger partial charge in [-0.05, 0) is 55.7 Å². The fourth-order valence-electron chi connectivity index (χ4n) is 4.35. The number of hydrogen-bond donors (Lipinski definition) is 3. The number of rotatable bonds is 5. The van der Waals surface area contributed by atoms with Crippen LogP contribution in [-0.4, -0.2) is 31.6 Å². The van der Waals surface area contributed by atoms with E-state index in [1.165, 1.54) is 25.3 Å². The number of fused-ring (bicyclic) bond motifs is 1. The third-order valence-electron chi connectivity index (χ3n) is 6.19. The Labute approximate surface area is 187 Å². The Bertz CT molecular complexity index is 1010. The molecule has 0 aromatic heterocycles. The molecule has 3 N–H and O–H groups in total. The summed E-state index contributed by atoms with van der Waals surface area (Å²) in [4.78, 5) is 26.0. The molecule has 1 saturated carbocycles. The smallest absolute Gasteiger partial charge is 0.319 e. The molecular weight excluding hydrogens is 411 g/mol. The van der Waals surface area contributed by atoms with Crippen molar-refractivity contribution >= 4 is 29.0 Å². The molecule has 4 rings (SSSR count). The molecule has 32 heavy (non-hydrogen) atoms. The molecule has 1 aliphatic heterocycles. The number of amides is 3. The lowest BCUT2D eigenvalue weighted by atomic mass is 9.94. The Hall–Kier alpha value is -3.29. The first-order chi connectivity index (χ1) is 15.4. The van der Waals surface area contributed by atoms with Gasteiger partial charge in [0.05, 0.1) is 17.4 Å². The van der Waals surface area contributed by atoms with Gasteiger partial charge in [-0.1, -0.05) is 25.3 Å². The lowest BCUT2D eigenvalue weighted by Crippen LogP contribution is -2.34. The summed E-state index contributed by atoms with van der Waals surface area (Å²) in [5.41, 5.74) is 2.32. The van der Waals surface area contributed by atoms with Crippen molar-refractivity contribution in [1.82, 2.24) is 5.32 Å². The van der Waals surface area contributed by atoms with Crippen LogP contribution in [0.25, 0.3) is 0 Å². The van der Waals surface area contributed by atoms with Crippen molar-refractivity contribution < 1.29 is 18.7 Å². The lowest BCUT2D eigenvalue weighted by Gasteiger charge is -2.33. The highest BCUT2D eigenvalue weighted by Gasteiger charge is 2.21. The highest BCUT2D eigenvalue weighted by molar-refractivity contribution is 5.95. The predicted molar refractivity (Wildman–Crippen MR) is 123 cm³/mol. The molecule has 2 aromatic carbocycles. The van der Waals surface area contributed by atoms with Gasteiger partial charge >= 0.3 is 6.03 Å². The molecule has 2 aliphatic rings. The van der Waals surface area contributed by atoms with E-state index in [0.29, 0.717) is 28.9 Å². The number of ether oxygens (including phenoxy) is 1. The summed E-state index contributed by atoms with van der Waals surface area (Å²) in [5, 5.41) is 8.28. The van der Waals surface area contributed by atoms with Crippen molar-refractivity contribution in [3.05, 3.63) is 47.8 Å². The van der Waals surface area contributed by atoms with Gasteiger partial charge in [0.2, 0.25) is 0 Å². The van der Waals surface area contributed by atoms with Gasteiger partial charge in [-0.15, -0.1) is 0 Å². The third kappa shape index (κ3) is 4.95. The van der Waals surface area contributed by atoms with Crippen LogP contribution < -0.4 is 25.6 Å². The van der Waals surface area contributed by atoms with E-state index in [1.807, 2.05) is 24.9 Å². The fraction of sp³-hybridized carbons (Fsp3) is 0.417. The molecule has 0 radical (unpaired) electrons. The molecular formula is C24H29FN4O3. The van der Waals surface area contributed by atoms with Crippen LogP contribution >= 0.6 is 0 Å². The van der Waals surface area contributed by atoms with Crippen LogP contribution in [-0.2, 0) is 4.79 Å². The van der Waals surface area contributed by atoms with Crippen LogP contribution in [0.2, 0.25) is 0 Å². The first-order valence-corrected chi connectivity index (χ1v) is 11.1. The Morgan fingerprint density at radius 3 is 2.72 bits per heavy atom. The van der Waals surface area contributed by atoms with E-state index >= 15 is 0 Å². The summed E-state index contributed by atoms with van der Waals surface area (Å²) in [7, 11) is 1.93. The first-order valence-electron chi connectivity index (χ1n) is 11.1. The molecule has 1 unspecified atom stereocenters. The third-order valence-corrected chi connectivity index (χ3v) is 6.19. The minimum Gasteiger partial charge on any atom is -0.482 e. The van der Waals surface area contributed by atoms with Crippen LogP contribution in [0.5, 0.6) is 5.75 Å². The van der Waals surface area contributed by atoms with Crippen molar-refractivity contribution in [2.75, 3.05) is 29.2 Å². The molecule has 1 fully saturated rings. The fourth-order valence-corrected chi connectivity index (χ4v) is 4.35. The molecule has 0 spiro atoms. The SMILES string of the molecule is CC(NC(=O)Nc1ccc(N(C)C2CCCCC2)c(F)c1)c1ccc2c(c1)NC(=O)CO2. The van der Waals surface area contributed by atoms with Crippen LogP contribution in [0.3, 0.4) is 0 Å². The summed E-state index contributed by atoms with van der Waals surface area (Å²) in [6.07, 6.45) is 5.76. The maximum absolute atomic E-state index is 14.8. The van der Waals surface area contributed by atoms with Crippen molar-refractivity contribution in [3.8, 4) is 5.75 Å². The van der Waals surface area contributed by atoms with Gasteiger partial charge in [-0.25, -0.2) is 9.18 Å². The Morgan fingerprint density at radius 1 is 1.19 bits per heavy atom. The van der Waals surface area contributed by atoms with Gasteiger partial charge in [0.15, 0.2) is 6.61 Å². The molecule has 1 atom stereocenters. The zero-order valence-electron chi connectivity index (χ0n) is 18.4. The molecule has 0 saturated heterocycles. The largest absolute Gasteiger partial charge is 0.482 e. The maximum atomic E-state index is 14.8. The number of hydrogen-bond acceptors (Lipinski definition) is 4. The summed E-state index contributed by atoms with van der Waals surface area (Å²) < 4.78 is 20.1. The Morgan fingerprint density at radius 2 is 1.97 bits per heavy atom. The number of halogens is 1. The van der Waals surface area contributed by atoms with E-state index in [4.69, 9.17) is 4.74 Å². The number of anilines is 3. The van der Waals surface area contributed by atoms with Gasteiger partial charge in [0.1, 0.15) is 11.6 Å². The van der Waals surface area contributed by atoms with Crippen LogP contribution in [0, 0.1) is 5.82 Å². The van der Waals surface area contributed by atoms with E-state index < -0.39 is 6.03 Å². The van der Waals surface area contributed by atoms with Gasteiger partial charge in [0, 0.05) is 18.8 Å². The second kappa shape index (κ2) is 9.46. The van der Waals surface area contributed by atoms with E-state index in [2.05, 4.69) is 16.0 Å². The molecule has 3 amide bonds. The van der Waals surface area contributed by atoms with Gasteiger partial charge < -0.3 is 25.6 Å². The Balaban J connectivity index is 1.37. The lowest BCUT2D eigenvalue weighted by molar-refractivity contribution is -0.118. The van der Waals surface area contributed by atoms with Crippen molar-refractivity contribution in [2.45, 2.75) is 51.1 Å². The quantitative estimate of drug-likeness (QED) is 0.623. The zero-order valence-corrected chi connectivity index (χ0v) is 18.4.